The van der Waals surface area contributed by atoms with E-state index < -0.39 is 0 Å². The van der Waals surface area contributed by atoms with Gasteiger partial charge >= 0.3 is 0 Å². The molecule has 1 saturated carbocycles. The van der Waals surface area contributed by atoms with Gasteiger partial charge in [-0.25, -0.2) is 4.39 Å². The van der Waals surface area contributed by atoms with Crippen LogP contribution in [-0.2, 0) is 12.0 Å². The van der Waals surface area contributed by atoms with Crippen molar-refractivity contribution in [3.63, 3.8) is 0 Å². The number of hydrogen-bond acceptors (Lipinski definition) is 2. The fraction of sp³-hybridized carbons (Fsp3) is 0.333. The van der Waals surface area contributed by atoms with Gasteiger partial charge in [0, 0.05) is 10.8 Å². The molecule has 0 saturated heterocycles. The Labute approximate surface area is 212 Å². The number of aliphatic hydroxyl groups is 1. The summed E-state index contributed by atoms with van der Waals surface area (Å²) < 4.78 is 13.6. The third-order valence-corrected chi connectivity index (χ3v) is 8.41. The Morgan fingerprint density at radius 3 is 2.08 bits per heavy atom. The lowest BCUT2D eigenvalue weighted by Gasteiger charge is -2.51. The summed E-state index contributed by atoms with van der Waals surface area (Å²) in [5.74, 6) is -0.0454. The van der Waals surface area contributed by atoms with E-state index in [0.717, 1.165) is 46.7 Å². The van der Waals surface area contributed by atoms with Gasteiger partial charge < -0.3 is 10.2 Å². The first-order chi connectivity index (χ1) is 17.0. The monoisotopic (exact) mass is 480 g/mol. The maximum absolute atomic E-state index is 13.6. The van der Waals surface area contributed by atoms with Crippen LogP contribution in [0.3, 0.4) is 0 Å². The Kier molecular flexibility index (Phi) is 4.95. The van der Waals surface area contributed by atoms with Gasteiger partial charge in [0.2, 0.25) is 0 Å². The molecule has 0 unspecified atom stereocenters. The molecule has 0 aliphatic heterocycles. The zero-order valence-electron chi connectivity index (χ0n) is 21.5. The van der Waals surface area contributed by atoms with Crippen molar-refractivity contribution in [2.45, 2.75) is 59.0 Å². The molecule has 6 rings (SSSR count). The smallest absolute Gasteiger partial charge is 0.123 e. The van der Waals surface area contributed by atoms with E-state index in [4.69, 9.17) is 0 Å². The minimum absolute atomic E-state index is 0.139. The lowest BCUT2D eigenvalue weighted by molar-refractivity contribution is 0.0645. The number of phenolic OH excluding ortho intramolecular Hbond substituents is 1. The van der Waals surface area contributed by atoms with Crippen molar-refractivity contribution >= 4 is 10.8 Å². The second-order valence-electron chi connectivity index (χ2n) is 12.5. The molecule has 4 aromatic rings. The van der Waals surface area contributed by atoms with Crippen LogP contribution in [0, 0.1) is 16.6 Å². The van der Waals surface area contributed by atoms with Crippen molar-refractivity contribution in [3.05, 3.63) is 89.2 Å². The number of benzene rings is 4. The zero-order valence-corrected chi connectivity index (χ0v) is 21.5. The average molecular weight is 481 g/mol. The second kappa shape index (κ2) is 7.66. The van der Waals surface area contributed by atoms with Crippen LogP contribution in [0.5, 0.6) is 5.75 Å². The minimum atomic E-state index is -0.300. The number of phenols is 1. The van der Waals surface area contributed by atoms with E-state index in [1.54, 1.807) is 12.1 Å². The Bertz CT molecular complexity index is 1500. The molecule has 0 amide bonds. The Balaban J connectivity index is 1.68. The van der Waals surface area contributed by atoms with Crippen LogP contribution in [0.2, 0.25) is 0 Å². The normalized spacial score (nSPS) is 18.8. The molecule has 2 aliphatic carbocycles. The summed E-state index contributed by atoms with van der Waals surface area (Å²) in [7, 11) is 0. The van der Waals surface area contributed by atoms with Crippen molar-refractivity contribution in [2.75, 3.05) is 0 Å². The van der Waals surface area contributed by atoms with Gasteiger partial charge in [-0.15, -0.1) is 0 Å². The molecule has 2 nitrogen and oxygen atoms in total. The summed E-state index contributed by atoms with van der Waals surface area (Å²) in [5.41, 5.74) is 7.48. The highest BCUT2D eigenvalue weighted by Gasteiger charge is 2.53. The summed E-state index contributed by atoms with van der Waals surface area (Å²) in [5, 5.41) is 23.5. The van der Waals surface area contributed by atoms with Gasteiger partial charge in [-0.05, 0) is 105 Å². The van der Waals surface area contributed by atoms with E-state index in [1.165, 1.54) is 34.4 Å². The van der Waals surface area contributed by atoms with Crippen LogP contribution in [0.25, 0.3) is 33.0 Å². The lowest BCUT2D eigenvalue weighted by Crippen LogP contribution is -2.43. The Morgan fingerprint density at radius 1 is 0.750 bits per heavy atom. The quantitative estimate of drug-likeness (QED) is 0.303. The van der Waals surface area contributed by atoms with E-state index in [9.17, 15) is 14.6 Å². The summed E-state index contributed by atoms with van der Waals surface area (Å²) in [6, 6.07) is 21.0. The summed E-state index contributed by atoms with van der Waals surface area (Å²) in [6.45, 7) is 9.35. The SMILES string of the molecule is CC1(C)CC(C)(C)CC2(C1)c1ccccc1-c1c2cc(O)c2cc(-c3ccc(F)cc3)c(CO)cc12. The van der Waals surface area contributed by atoms with Gasteiger partial charge in [0.25, 0.3) is 0 Å². The fourth-order valence-corrected chi connectivity index (χ4v) is 7.95. The molecule has 1 fully saturated rings. The first-order valence-electron chi connectivity index (χ1n) is 12.8. The van der Waals surface area contributed by atoms with Crippen LogP contribution in [0.4, 0.5) is 4.39 Å². The third-order valence-electron chi connectivity index (χ3n) is 8.41. The van der Waals surface area contributed by atoms with Crippen molar-refractivity contribution in [1.82, 2.24) is 0 Å². The molecule has 0 aromatic heterocycles. The molecule has 36 heavy (non-hydrogen) atoms. The molecule has 4 aromatic carbocycles. The van der Waals surface area contributed by atoms with Gasteiger partial charge in [-0.2, -0.15) is 0 Å². The van der Waals surface area contributed by atoms with Crippen LogP contribution >= 0.6 is 0 Å². The van der Waals surface area contributed by atoms with Crippen LogP contribution in [0.15, 0.2) is 66.7 Å². The number of rotatable bonds is 2. The lowest BCUT2D eigenvalue weighted by atomic mass is 9.52. The number of hydrogen-bond donors (Lipinski definition) is 2. The standard InChI is InChI=1S/C33H33FO2/c1-31(2)17-32(3,4)19-33(18-31)27-8-6-5-7-23(27)30-26-13-21(16-35)24(20-9-11-22(34)12-10-20)14-25(26)29(36)15-28(30)33/h5-15,35-36H,16-19H2,1-4H3. The predicted molar refractivity (Wildman–Crippen MR) is 145 cm³/mol. The molecule has 0 radical (unpaired) electrons. The fourth-order valence-electron chi connectivity index (χ4n) is 7.95. The molecule has 0 heterocycles. The topological polar surface area (TPSA) is 40.5 Å². The van der Waals surface area contributed by atoms with Crippen molar-refractivity contribution < 1.29 is 14.6 Å². The highest BCUT2D eigenvalue weighted by molar-refractivity contribution is 6.07. The van der Waals surface area contributed by atoms with Gasteiger partial charge in [-0.1, -0.05) is 64.1 Å². The van der Waals surface area contributed by atoms with Crippen LogP contribution in [-0.4, -0.2) is 10.2 Å². The van der Waals surface area contributed by atoms with Crippen LogP contribution in [0.1, 0.15) is 63.6 Å². The van der Waals surface area contributed by atoms with Gasteiger partial charge in [0.15, 0.2) is 0 Å². The summed E-state index contributed by atoms with van der Waals surface area (Å²) in [4.78, 5) is 0. The highest BCUT2D eigenvalue weighted by atomic mass is 19.1. The number of aliphatic hydroxyl groups excluding tert-OH is 1. The van der Waals surface area contributed by atoms with E-state index in [-0.39, 0.29) is 34.4 Å². The van der Waals surface area contributed by atoms with E-state index in [0.29, 0.717) is 0 Å². The number of aromatic hydroxyl groups is 1. The average Bonchev–Trinajstić information content (AvgIpc) is 3.05. The Hall–Kier alpha value is -3.17. The zero-order chi connectivity index (χ0) is 25.5. The van der Waals surface area contributed by atoms with Gasteiger partial charge in [0.05, 0.1) is 6.61 Å². The largest absolute Gasteiger partial charge is 0.507 e. The highest BCUT2D eigenvalue weighted by Crippen LogP contribution is 2.64. The van der Waals surface area contributed by atoms with Crippen molar-refractivity contribution in [1.29, 1.82) is 0 Å². The first-order valence-corrected chi connectivity index (χ1v) is 12.8. The first kappa shape index (κ1) is 23.2. The van der Waals surface area contributed by atoms with Crippen molar-refractivity contribution in [3.8, 4) is 28.0 Å². The Morgan fingerprint density at radius 2 is 1.42 bits per heavy atom. The third kappa shape index (κ3) is 3.40. The molecular weight excluding hydrogens is 447 g/mol. The van der Waals surface area contributed by atoms with Gasteiger partial charge in [-0.3, -0.25) is 0 Å². The maximum atomic E-state index is 13.6. The molecule has 2 N–H and O–H groups in total. The molecule has 2 aliphatic rings. The number of halogens is 1. The summed E-state index contributed by atoms with van der Waals surface area (Å²) >= 11 is 0. The van der Waals surface area contributed by atoms with Crippen LogP contribution < -0.4 is 0 Å². The van der Waals surface area contributed by atoms with Gasteiger partial charge in [0.1, 0.15) is 11.6 Å². The maximum Gasteiger partial charge on any atom is 0.123 e. The minimum Gasteiger partial charge on any atom is -0.507 e. The van der Waals surface area contributed by atoms with E-state index in [2.05, 4.69) is 52.0 Å². The molecule has 184 valence electrons. The molecule has 0 bridgehead atoms. The molecular formula is C33H33FO2. The summed E-state index contributed by atoms with van der Waals surface area (Å²) in [6.07, 6.45) is 3.21. The number of fused-ring (bicyclic) bond motifs is 7. The van der Waals surface area contributed by atoms with E-state index in [1.807, 2.05) is 18.2 Å². The predicted octanol–water partition coefficient (Wildman–Crippen LogP) is 8.35. The second-order valence-corrected chi connectivity index (χ2v) is 12.5. The van der Waals surface area contributed by atoms with Crippen molar-refractivity contribution in [2.24, 2.45) is 10.8 Å². The molecule has 3 heteroatoms. The molecule has 1 spiro atoms. The molecule has 0 atom stereocenters. The van der Waals surface area contributed by atoms with E-state index >= 15 is 0 Å².